The van der Waals surface area contributed by atoms with E-state index >= 15 is 0 Å². The molecule has 0 saturated heterocycles. The zero-order valence-electron chi connectivity index (χ0n) is 17.3. The Balaban J connectivity index is 1.45. The molecule has 29 heavy (non-hydrogen) atoms. The number of benzene rings is 1. The lowest BCUT2D eigenvalue weighted by atomic mass is 9.49. The quantitative estimate of drug-likeness (QED) is 0.706. The molecule has 0 heterocycles. The minimum Gasteiger partial charge on any atom is -0.497 e. The molecule has 5 rings (SSSR count). The van der Waals surface area contributed by atoms with Gasteiger partial charge < -0.3 is 9.84 Å². The number of carbonyl (C=O) groups is 1. The zero-order chi connectivity index (χ0) is 21.0. The van der Waals surface area contributed by atoms with Crippen molar-refractivity contribution in [3.05, 3.63) is 24.3 Å². The van der Waals surface area contributed by atoms with Gasteiger partial charge in [0, 0.05) is 6.42 Å². The van der Waals surface area contributed by atoms with E-state index in [1.165, 1.54) is 19.2 Å². The third-order valence-electron chi connectivity index (χ3n) is 7.31. The zero-order valence-corrected chi connectivity index (χ0v) is 18.2. The molecule has 160 valence electrons. The molecule has 4 bridgehead atoms. The second-order valence-electron chi connectivity index (χ2n) is 9.89. The van der Waals surface area contributed by atoms with Gasteiger partial charge in [-0.3, -0.25) is 4.79 Å². The molecule has 4 fully saturated rings. The number of nitrogens with one attached hydrogen (secondary N) is 1. The number of hydrogen-bond donors (Lipinski definition) is 2. The molecule has 0 aliphatic heterocycles. The molecule has 4 aliphatic rings. The largest absolute Gasteiger partial charge is 0.497 e. The topological polar surface area (TPSA) is 92.7 Å². The van der Waals surface area contributed by atoms with Gasteiger partial charge in [0.1, 0.15) is 5.75 Å². The Hall–Kier alpha value is -1.44. The Morgan fingerprint density at radius 1 is 1.17 bits per heavy atom. The van der Waals surface area contributed by atoms with Crippen molar-refractivity contribution < 1.29 is 23.1 Å². The number of aliphatic hydroxyl groups is 1. The van der Waals surface area contributed by atoms with Crippen LogP contribution >= 0.6 is 0 Å². The molecule has 6 nitrogen and oxygen atoms in total. The highest BCUT2D eigenvalue weighted by molar-refractivity contribution is 7.89. The summed E-state index contributed by atoms with van der Waals surface area (Å²) in [6.07, 6.45) is 5.04. The number of ether oxygens (including phenoxy) is 1. The maximum absolute atomic E-state index is 13.1. The van der Waals surface area contributed by atoms with E-state index < -0.39 is 21.2 Å². The third-order valence-corrected chi connectivity index (χ3v) is 8.99. The van der Waals surface area contributed by atoms with E-state index in [-0.39, 0.29) is 16.6 Å². The maximum Gasteiger partial charge on any atom is 0.241 e. The van der Waals surface area contributed by atoms with E-state index in [2.05, 4.69) is 4.72 Å². The molecule has 4 aliphatic carbocycles. The Kier molecular flexibility index (Phi) is 5.07. The highest BCUT2D eigenvalue weighted by Gasteiger charge is 2.55. The van der Waals surface area contributed by atoms with E-state index in [0.717, 1.165) is 32.1 Å². The molecule has 1 aromatic carbocycles. The summed E-state index contributed by atoms with van der Waals surface area (Å²) in [6, 6.07) is 6.12. The molecule has 2 N–H and O–H groups in total. The van der Waals surface area contributed by atoms with E-state index in [4.69, 9.17) is 4.74 Å². The molecule has 7 heteroatoms. The normalized spacial score (nSPS) is 33.7. The molecule has 0 aromatic heterocycles. The minimum absolute atomic E-state index is 0.0842. The number of Topliss-reactive ketones (excluding diaryl/α,β-unsaturated/α-hetero) is 1. The summed E-state index contributed by atoms with van der Waals surface area (Å²) in [5.41, 5.74) is -1.72. The number of sulfonamides is 1. The van der Waals surface area contributed by atoms with E-state index in [1.54, 1.807) is 26.0 Å². The van der Waals surface area contributed by atoms with Crippen LogP contribution < -0.4 is 9.46 Å². The lowest BCUT2D eigenvalue weighted by Gasteiger charge is -2.58. The number of carbonyl (C=O) groups excluding carboxylic acids is 1. The Bertz CT molecular complexity index is 876. The average molecular weight is 422 g/mol. The van der Waals surface area contributed by atoms with Crippen LogP contribution in [-0.4, -0.2) is 37.6 Å². The molecule has 0 spiro atoms. The van der Waals surface area contributed by atoms with Gasteiger partial charge >= 0.3 is 0 Å². The number of rotatable bonds is 7. The first-order valence-electron chi connectivity index (χ1n) is 10.4. The first kappa shape index (κ1) is 20.8. The van der Waals surface area contributed by atoms with Crippen molar-refractivity contribution in [2.45, 2.75) is 68.4 Å². The van der Waals surface area contributed by atoms with Crippen LogP contribution in [0.1, 0.15) is 52.4 Å². The van der Waals surface area contributed by atoms with Crippen LogP contribution in [0.15, 0.2) is 29.2 Å². The van der Waals surface area contributed by atoms with Crippen molar-refractivity contribution in [2.75, 3.05) is 7.11 Å². The molecule has 2 unspecified atom stereocenters. The van der Waals surface area contributed by atoms with E-state index in [9.17, 15) is 18.3 Å². The lowest BCUT2D eigenvalue weighted by Crippen LogP contribution is -2.56. The summed E-state index contributed by atoms with van der Waals surface area (Å²) in [7, 11) is -2.31. The molecule has 0 amide bonds. The summed E-state index contributed by atoms with van der Waals surface area (Å²) in [6.45, 7) is 3.28. The van der Waals surface area contributed by atoms with Crippen LogP contribution in [0, 0.1) is 23.7 Å². The fourth-order valence-corrected chi connectivity index (χ4v) is 7.49. The molecular weight excluding hydrogens is 390 g/mol. The van der Waals surface area contributed by atoms with Crippen LogP contribution in [0.3, 0.4) is 0 Å². The second-order valence-corrected chi connectivity index (χ2v) is 11.6. The van der Waals surface area contributed by atoms with Gasteiger partial charge in [-0.15, -0.1) is 0 Å². The van der Waals surface area contributed by atoms with E-state index in [1.807, 2.05) is 0 Å². The number of hydrogen-bond acceptors (Lipinski definition) is 5. The van der Waals surface area contributed by atoms with Crippen molar-refractivity contribution in [1.82, 2.24) is 4.72 Å². The molecular formula is C22H31NO5S. The Morgan fingerprint density at radius 2 is 1.76 bits per heavy atom. The first-order chi connectivity index (χ1) is 13.5. The highest BCUT2D eigenvalue weighted by atomic mass is 32.2. The van der Waals surface area contributed by atoms with Crippen molar-refractivity contribution in [3.8, 4) is 5.75 Å². The monoisotopic (exact) mass is 421 g/mol. The summed E-state index contributed by atoms with van der Waals surface area (Å²) >= 11 is 0. The van der Waals surface area contributed by atoms with Crippen LogP contribution in [0.2, 0.25) is 0 Å². The predicted octanol–water partition coefficient (Wildman–Crippen LogP) is 2.90. The molecule has 4 saturated carbocycles. The first-order valence-corrected chi connectivity index (χ1v) is 11.9. The van der Waals surface area contributed by atoms with E-state index in [0.29, 0.717) is 29.9 Å². The van der Waals surface area contributed by atoms with Crippen molar-refractivity contribution in [2.24, 2.45) is 23.7 Å². The number of ketones is 1. The lowest BCUT2D eigenvalue weighted by molar-refractivity contribution is -0.158. The van der Waals surface area contributed by atoms with Gasteiger partial charge in [0.2, 0.25) is 10.0 Å². The van der Waals surface area contributed by atoms with Gasteiger partial charge in [-0.05, 0) is 93.9 Å². The summed E-state index contributed by atoms with van der Waals surface area (Å²) in [5, 5.41) is 10.7. The van der Waals surface area contributed by atoms with Gasteiger partial charge in [-0.1, -0.05) is 0 Å². The Labute approximate surface area is 173 Å². The van der Waals surface area contributed by atoms with Gasteiger partial charge in [-0.2, -0.15) is 4.72 Å². The maximum atomic E-state index is 13.1. The minimum atomic E-state index is -3.83. The summed E-state index contributed by atoms with van der Waals surface area (Å²) < 4.78 is 33.3. The van der Waals surface area contributed by atoms with Gasteiger partial charge in [-0.25, -0.2) is 8.42 Å². The summed E-state index contributed by atoms with van der Waals surface area (Å²) in [5.74, 6) is 2.09. The van der Waals surface area contributed by atoms with Gasteiger partial charge in [0.15, 0.2) is 5.78 Å². The Morgan fingerprint density at radius 3 is 2.28 bits per heavy atom. The SMILES string of the molecule is COc1ccc(S(=O)(=O)NC(C)(C)C(=O)CC2C3CC4CC2CC(O)(C4)C3)cc1. The van der Waals surface area contributed by atoms with Crippen LogP contribution in [0.4, 0.5) is 0 Å². The summed E-state index contributed by atoms with van der Waals surface area (Å²) in [4.78, 5) is 13.2. The van der Waals surface area contributed by atoms with Crippen LogP contribution in [0.5, 0.6) is 5.75 Å². The second kappa shape index (κ2) is 7.06. The number of methoxy groups -OCH3 is 1. The van der Waals surface area contributed by atoms with Crippen molar-refractivity contribution >= 4 is 15.8 Å². The third kappa shape index (κ3) is 3.97. The smallest absolute Gasteiger partial charge is 0.241 e. The van der Waals surface area contributed by atoms with Crippen molar-refractivity contribution in [1.29, 1.82) is 0 Å². The molecule has 1 aromatic rings. The highest BCUT2D eigenvalue weighted by Crippen LogP contribution is 2.59. The fraction of sp³-hybridized carbons (Fsp3) is 0.682. The van der Waals surface area contributed by atoms with Crippen LogP contribution in [0.25, 0.3) is 0 Å². The van der Waals surface area contributed by atoms with Crippen molar-refractivity contribution in [3.63, 3.8) is 0 Å². The van der Waals surface area contributed by atoms with Gasteiger partial charge in [0.25, 0.3) is 0 Å². The fourth-order valence-electron chi connectivity index (χ4n) is 6.10. The van der Waals surface area contributed by atoms with Crippen LogP contribution in [-0.2, 0) is 14.8 Å². The predicted molar refractivity (Wildman–Crippen MR) is 109 cm³/mol. The molecule has 0 radical (unpaired) electrons. The van der Waals surface area contributed by atoms with Gasteiger partial charge in [0.05, 0.1) is 23.1 Å². The average Bonchev–Trinajstić information content (AvgIpc) is 2.62. The molecule has 2 atom stereocenters. The standard InChI is InChI=1S/C22H31NO5S/c1-21(2,23-29(26,27)18-6-4-17(28-3)5-7-18)20(24)10-19-15-8-14-9-16(19)13-22(25,11-14)12-15/h4-7,14-16,19,23,25H,8-13H2,1-3H3.